The minimum atomic E-state index is -0.0394. The Morgan fingerprint density at radius 1 is 1.19 bits per heavy atom. The third-order valence-electron chi connectivity index (χ3n) is 6.17. The van der Waals surface area contributed by atoms with E-state index in [4.69, 9.17) is 4.74 Å². The fourth-order valence-electron chi connectivity index (χ4n) is 4.39. The number of nitrogens with zero attached hydrogens (tertiary/aromatic N) is 3. The highest BCUT2D eigenvalue weighted by Crippen LogP contribution is 2.32. The molecule has 1 N–H and O–H groups in total. The Bertz CT molecular complexity index is 927. The number of allylic oxidation sites excluding steroid dienone is 1. The lowest BCUT2D eigenvalue weighted by Crippen LogP contribution is -2.43. The lowest BCUT2D eigenvalue weighted by atomic mass is 9.96. The number of anilines is 1. The summed E-state index contributed by atoms with van der Waals surface area (Å²) in [5.74, 6) is 2.07. The highest BCUT2D eigenvalue weighted by Gasteiger charge is 2.28. The molecule has 0 saturated carbocycles. The molecule has 1 aliphatic heterocycles. The third-order valence-corrected chi connectivity index (χ3v) is 6.17. The van der Waals surface area contributed by atoms with Crippen LogP contribution in [0.2, 0.25) is 0 Å². The molecule has 0 bridgehead atoms. The van der Waals surface area contributed by atoms with Gasteiger partial charge in [-0.15, -0.1) is 0 Å². The Kier molecular flexibility index (Phi) is 7.18. The summed E-state index contributed by atoms with van der Waals surface area (Å²) in [4.78, 5) is 23.9. The second kappa shape index (κ2) is 10.4. The van der Waals surface area contributed by atoms with Crippen LogP contribution in [0.1, 0.15) is 50.5 Å². The standard InChI is InChI=1S/C25H32N4O2/c1-19-8-5-6-12-22(19)31-25-23(26-15-16-28-25)29-17-7-11-21(18-29)24(30)27-14-13-20-9-3-2-4-10-20/h5-6,8-9,12,15-16,21H,2-4,7,10-11,13-14,17-18H2,1H3,(H,27,30). The molecule has 6 nitrogen and oxygen atoms in total. The van der Waals surface area contributed by atoms with E-state index in [0.717, 1.165) is 43.7 Å². The minimum absolute atomic E-state index is 0.0394. The van der Waals surface area contributed by atoms with Crippen LogP contribution in [0.15, 0.2) is 48.3 Å². The maximum atomic E-state index is 12.8. The number of benzene rings is 1. The predicted molar refractivity (Wildman–Crippen MR) is 122 cm³/mol. The molecular weight excluding hydrogens is 388 g/mol. The SMILES string of the molecule is Cc1ccccc1Oc1nccnc1N1CCCC(C(=O)NCCC2=CCCCC2)C1. The average Bonchev–Trinajstić information content (AvgIpc) is 2.82. The zero-order valence-corrected chi connectivity index (χ0v) is 18.3. The number of amides is 1. The van der Waals surface area contributed by atoms with Gasteiger partial charge in [0.2, 0.25) is 5.91 Å². The first-order valence-corrected chi connectivity index (χ1v) is 11.5. The van der Waals surface area contributed by atoms with Crippen LogP contribution in [-0.2, 0) is 4.79 Å². The molecule has 1 aromatic heterocycles. The molecule has 0 spiro atoms. The van der Waals surface area contributed by atoms with Crippen LogP contribution in [-0.4, -0.2) is 35.5 Å². The van der Waals surface area contributed by atoms with Crippen LogP contribution in [0.4, 0.5) is 5.82 Å². The van der Waals surface area contributed by atoms with Gasteiger partial charge in [0, 0.05) is 32.0 Å². The smallest absolute Gasteiger partial charge is 0.263 e. The zero-order valence-electron chi connectivity index (χ0n) is 18.3. The Hall–Kier alpha value is -2.89. The van der Waals surface area contributed by atoms with Crippen molar-refractivity contribution in [2.75, 3.05) is 24.5 Å². The molecule has 164 valence electrons. The van der Waals surface area contributed by atoms with Crippen LogP contribution >= 0.6 is 0 Å². The van der Waals surface area contributed by atoms with Gasteiger partial charge in [-0.1, -0.05) is 29.8 Å². The van der Waals surface area contributed by atoms with Gasteiger partial charge < -0.3 is 15.0 Å². The van der Waals surface area contributed by atoms with Crippen molar-refractivity contribution in [3.8, 4) is 11.6 Å². The van der Waals surface area contributed by atoms with Gasteiger partial charge in [0.25, 0.3) is 5.88 Å². The summed E-state index contributed by atoms with van der Waals surface area (Å²) >= 11 is 0. The Morgan fingerprint density at radius 3 is 2.90 bits per heavy atom. The van der Waals surface area contributed by atoms with Crippen molar-refractivity contribution in [2.24, 2.45) is 5.92 Å². The number of aryl methyl sites for hydroxylation is 1. The number of para-hydroxylation sites is 1. The average molecular weight is 421 g/mol. The van der Waals surface area contributed by atoms with Gasteiger partial charge in [0.05, 0.1) is 5.92 Å². The highest BCUT2D eigenvalue weighted by atomic mass is 16.5. The van der Waals surface area contributed by atoms with E-state index >= 15 is 0 Å². The number of piperidine rings is 1. The van der Waals surface area contributed by atoms with E-state index in [0.29, 0.717) is 18.2 Å². The molecule has 1 unspecified atom stereocenters. The van der Waals surface area contributed by atoms with E-state index in [1.807, 2.05) is 31.2 Å². The van der Waals surface area contributed by atoms with E-state index in [2.05, 4.69) is 26.3 Å². The van der Waals surface area contributed by atoms with E-state index in [1.54, 1.807) is 12.4 Å². The number of carbonyl (C=O) groups excluding carboxylic acids is 1. The molecule has 1 amide bonds. The second-order valence-electron chi connectivity index (χ2n) is 8.49. The number of hydrogen-bond donors (Lipinski definition) is 1. The first kappa shape index (κ1) is 21.3. The molecule has 2 aliphatic rings. The Labute approximate surface area is 184 Å². The number of carbonyl (C=O) groups is 1. The monoisotopic (exact) mass is 420 g/mol. The van der Waals surface area contributed by atoms with Crippen molar-refractivity contribution in [2.45, 2.75) is 51.9 Å². The van der Waals surface area contributed by atoms with Crippen molar-refractivity contribution in [1.29, 1.82) is 0 Å². The van der Waals surface area contributed by atoms with E-state index in [-0.39, 0.29) is 11.8 Å². The van der Waals surface area contributed by atoms with Crippen LogP contribution in [0.3, 0.4) is 0 Å². The predicted octanol–water partition coefficient (Wildman–Crippen LogP) is 4.80. The lowest BCUT2D eigenvalue weighted by Gasteiger charge is -2.33. The van der Waals surface area contributed by atoms with E-state index in [9.17, 15) is 4.79 Å². The summed E-state index contributed by atoms with van der Waals surface area (Å²) in [6.07, 6.45) is 13.4. The lowest BCUT2D eigenvalue weighted by molar-refractivity contribution is -0.125. The molecule has 4 rings (SSSR count). The van der Waals surface area contributed by atoms with Gasteiger partial charge in [-0.05, 0) is 63.5 Å². The normalized spacial score (nSPS) is 18.9. The summed E-state index contributed by atoms with van der Waals surface area (Å²) < 4.78 is 6.10. The Balaban J connectivity index is 1.37. The third kappa shape index (κ3) is 5.63. The quantitative estimate of drug-likeness (QED) is 0.652. The molecule has 1 atom stereocenters. The van der Waals surface area contributed by atoms with Gasteiger partial charge in [-0.25, -0.2) is 9.97 Å². The van der Waals surface area contributed by atoms with Crippen molar-refractivity contribution < 1.29 is 9.53 Å². The summed E-state index contributed by atoms with van der Waals surface area (Å²) in [5.41, 5.74) is 2.54. The van der Waals surface area contributed by atoms with Gasteiger partial charge in [-0.2, -0.15) is 0 Å². The molecular formula is C25H32N4O2. The Morgan fingerprint density at radius 2 is 2.06 bits per heavy atom. The van der Waals surface area contributed by atoms with Crippen LogP contribution in [0.5, 0.6) is 11.6 Å². The van der Waals surface area contributed by atoms with Gasteiger partial charge >= 0.3 is 0 Å². The van der Waals surface area contributed by atoms with E-state index in [1.165, 1.54) is 31.3 Å². The van der Waals surface area contributed by atoms with Crippen LogP contribution in [0, 0.1) is 12.8 Å². The molecule has 6 heteroatoms. The molecule has 31 heavy (non-hydrogen) atoms. The molecule has 0 radical (unpaired) electrons. The largest absolute Gasteiger partial charge is 0.436 e. The summed E-state index contributed by atoms with van der Waals surface area (Å²) in [7, 11) is 0. The van der Waals surface area contributed by atoms with Gasteiger partial charge in [-0.3, -0.25) is 4.79 Å². The van der Waals surface area contributed by atoms with Crippen LogP contribution < -0.4 is 15.0 Å². The van der Waals surface area contributed by atoms with Crippen molar-refractivity contribution in [3.05, 3.63) is 53.9 Å². The maximum Gasteiger partial charge on any atom is 0.263 e. The second-order valence-corrected chi connectivity index (χ2v) is 8.49. The highest BCUT2D eigenvalue weighted by molar-refractivity contribution is 5.79. The van der Waals surface area contributed by atoms with Gasteiger partial charge in [0.15, 0.2) is 5.82 Å². The van der Waals surface area contributed by atoms with Crippen molar-refractivity contribution >= 4 is 11.7 Å². The molecule has 1 aliphatic carbocycles. The molecule has 2 aromatic rings. The molecule has 1 aromatic carbocycles. The number of nitrogens with one attached hydrogen (secondary N) is 1. The summed E-state index contributed by atoms with van der Waals surface area (Å²) in [6, 6.07) is 7.87. The molecule has 2 heterocycles. The first-order chi connectivity index (χ1) is 15.2. The summed E-state index contributed by atoms with van der Waals surface area (Å²) in [6.45, 7) is 4.22. The maximum absolute atomic E-state index is 12.8. The number of rotatable bonds is 7. The fourth-order valence-corrected chi connectivity index (χ4v) is 4.39. The fraction of sp³-hybridized carbons (Fsp3) is 0.480. The molecule has 1 fully saturated rings. The number of aromatic nitrogens is 2. The van der Waals surface area contributed by atoms with Crippen molar-refractivity contribution in [3.63, 3.8) is 0 Å². The number of hydrogen-bond acceptors (Lipinski definition) is 5. The topological polar surface area (TPSA) is 67.4 Å². The van der Waals surface area contributed by atoms with Crippen molar-refractivity contribution in [1.82, 2.24) is 15.3 Å². The van der Waals surface area contributed by atoms with Gasteiger partial charge in [0.1, 0.15) is 5.75 Å². The van der Waals surface area contributed by atoms with Crippen LogP contribution in [0.25, 0.3) is 0 Å². The zero-order chi connectivity index (χ0) is 21.5. The minimum Gasteiger partial charge on any atom is -0.436 e. The molecule has 1 saturated heterocycles. The summed E-state index contributed by atoms with van der Waals surface area (Å²) in [5, 5.41) is 3.16. The number of ether oxygens (including phenoxy) is 1. The van der Waals surface area contributed by atoms with E-state index < -0.39 is 0 Å². The first-order valence-electron chi connectivity index (χ1n) is 11.5.